The SMILES string of the molecule is O=C(Nc1cnn(Cc2ccncc2)c1)C1CCC(F)(F)C1. The maximum atomic E-state index is 13.1. The summed E-state index contributed by atoms with van der Waals surface area (Å²) in [6, 6.07) is 3.75. The minimum absolute atomic E-state index is 0.216. The van der Waals surface area contributed by atoms with E-state index in [1.807, 2.05) is 12.1 Å². The lowest BCUT2D eigenvalue weighted by Crippen LogP contribution is -2.22. The summed E-state index contributed by atoms with van der Waals surface area (Å²) in [7, 11) is 0. The van der Waals surface area contributed by atoms with Gasteiger partial charge >= 0.3 is 0 Å². The molecule has 1 saturated carbocycles. The van der Waals surface area contributed by atoms with Crippen LogP contribution >= 0.6 is 0 Å². The molecule has 0 bridgehead atoms. The Kier molecular flexibility index (Phi) is 3.87. The topological polar surface area (TPSA) is 59.8 Å². The van der Waals surface area contributed by atoms with Gasteiger partial charge in [0.25, 0.3) is 0 Å². The second kappa shape index (κ2) is 5.82. The Morgan fingerprint density at radius 1 is 1.41 bits per heavy atom. The summed E-state index contributed by atoms with van der Waals surface area (Å²) in [6.07, 6.45) is 6.24. The highest BCUT2D eigenvalue weighted by Crippen LogP contribution is 2.39. The number of carbonyl (C=O) groups excluding carboxylic acids is 1. The van der Waals surface area contributed by atoms with E-state index in [0.717, 1.165) is 5.56 Å². The summed E-state index contributed by atoms with van der Waals surface area (Å²) in [4.78, 5) is 15.9. The summed E-state index contributed by atoms with van der Waals surface area (Å²) < 4.78 is 28.0. The molecule has 1 aliphatic carbocycles. The second-order valence-corrected chi connectivity index (χ2v) is 5.57. The number of halogens is 2. The molecular weight excluding hydrogens is 290 g/mol. The maximum absolute atomic E-state index is 13.1. The molecule has 0 aliphatic heterocycles. The molecule has 2 heterocycles. The van der Waals surface area contributed by atoms with Crippen LogP contribution in [0.5, 0.6) is 0 Å². The number of hydrogen-bond donors (Lipinski definition) is 1. The summed E-state index contributed by atoms with van der Waals surface area (Å²) in [5, 5.41) is 6.81. The fourth-order valence-corrected chi connectivity index (χ4v) is 2.61. The van der Waals surface area contributed by atoms with E-state index >= 15 is 0 Å². The third-order valence-corrected chi connectivity index (χ3v) is 3.77. The Morgan fingerprint density at radius 2 is 2.18 bits per heavy atom. The molecule has 1 amide bonds. The molecule has 0 spiro atoms. The van der Waals surface area contributed by atoms with Crippen LogP contribution in [-0.4, -0.2) is 26.6 Å². The van der Waals surface area contributed by atoms with Crippen LogP contribution in [0.2, 0.25) is 0 Å². The van der Waals surface area contributed by atoms with Gasteiger partial charge in [0.2, 0.25) is 11.8 Å². The third kappa shape index (κ3) is 3.47. The molecule has 1 fully saturated rings. The zero-order valence-corrected chi connectivity index (χ0v) is 11.9. The van der Waals surface area contributed by atoms with Gasteiger partial charge in [-0.2, -0.15) is 5.10 Å². The number of alkyl halides is 2. The Morgan fingerprint density at radius 3 is 2.86 bits per heavy atom. The first-order chi connectivity index (χ1) is 10.5. The van der Waals surface area contributed by atoms with Crippen LogP contribution in [0.1, 0.15) is 24.8 Å². The number of anilines is 1. The van der Waals surface area contributed by atoms with Crippen molar-refractivity contribution in [1.29, 1.82) is 0 Å². The van der Waals surface area contributed by atoms with Crippen molar-refractivity contribution in [3.05, 3.63) is 42.5 Å². The number of nitrogens with zero attached hydrogens (tertiary/aromatic N) is 3. The van der Waals surface area contributed by atoms with Crippen molar-refractivity contribution in [2.45, 2.75) is 31.7 Å². The van der Waals surface area contributed by atoms with Gasteiger partial charge in [0.15, 0.2) is 0 Å². The van der Waals surface area contributed by atoms with Crippen LogP contribution in [0.15, 0.2) is 36.9 Å². The molecule has 1 aliphatic rings. The van der Waals surface area contributed by atoms with Gasteiger partial charge in [-0.3, -0.25) is 14.5 Å². The van der Waals surface area contributed by atoms with Gasteiger partial charge in [-0.05, 0) is 24.1 Å². The predicted molar refractivity (Wildman–Crippen MR) is 76.5 cm³/mol. The van der Waals surface area contributed by atoms with E-state index in [2.05, 4.69) is 15.4 Å². The molecule has 1 unspecified atom stereocenters. The Bertz CT molecular complexity index is 657. The Labute approximate surface area is 126 Å². The van der Waals surface area contributed by atoms with Crippen LogP contribution in [-0.2, 0) is 11.3 Å². The molecule has 0 aromatic carbocycles. The first-order valence-electron chi connectivity index (χ1n) is 7.12. The van der Waals surface area contributed by atoms with Gasteiger partial charge < -0.3 is 5.32 Å². The lowest BCUT2D eigenvalue weighted by atomic mass is 10.1. The van der Waals surface area contributed by atoms with Crippen LogP contribution in [0, 0.1) is 5.92 Å². The lowest BCUT2D eigenvalue weighted by Gasteiger charge is -2.10. The van der Waals surface area contributed by atoms with Crippen LogP contribution in [0.25, 0.3) is 0 Å². The number of nitrogens with one attached hydrogen (secondary N) is 1. The van der Waals surface area contributed by atoms with Gasteiger partial charge in [-0.25, -0.2) is 8.78 Å². The van der Waals surface area contributed by atoms with Crippen molar-refractivity contribution in [2.75, 3.05) is 5.32 Å². The molecular formula is C15H16F2N4O. The van der Waals surface area contributed by atoms with E-state index in [1.54, 1.807) is 23.3 Å². The zero-order valence-electron chi connectivity index (χ0n) is 11.9. The number of hydrogen-bond acceptors (Lipinski definition) is 3. The quantitative estimate of drug-likeness (QED) is 0.945. The standard InChI is InChI=1S/C15H16F2N4O/c16-15(17)4-1-12(7-15)14(22)20-13-8-19-21(10-13)9-11-2-5-18-6-3-11/h2-3,5-6,8,10,12H,1,4,7,9H2,(H,20,22). The smallest absolute Gasteiger partial charge is 0.248 e. The Balaban J connectivity index is 1.59. The molecule has 0 radical (unpaired) electrons. The molecule has 1 N–H and O–H groups in total. The summed E-state index contributed by atoms with van der Waals surface area (Å²) in [5.74, 6) is -3.70. The van der Waals surface area contributed by atoms with Crippen LogP contribution < -0.4 is 5.32 Å². The van der Waals surface area contributed by atoms with Gasteiger partial charge in [0, 0.05) is 37.4 Å². The van der Waals surface area contributed by atoms with Crippen molar-refractivity contribution < 1.29 is 13.6 Å². The number of rotatable bonds is 4. The average molecular weight is 306 g/mol. The fraction of sp³-hybridized carbons (Fsp3) is 0.400. The van der Waals surface area contributed by atoms with Crippen molar-refractivity contribution in [1.82, 2.24) is 14.8 Å². The van der Waals surface area contributed by atoms with Crippen molar-refractivity contribution in [3.8, 4) is 0 Å². The van der Waals surface area contributed by atoms with E-state index in [4.69, 9.17) is 0 Å². The number of pyridine rings is 1. The first kappa shape index (κ1) is 14.6. The number of amides is 1. The van der Waals surface area contributed by atoms with E-state index < -0.39 is 11.8 Å². The summed E-state index contributed by atoms with van der Waals surface area (Å²) >= 11 is 0. The van der Waals surface area contributed by atoms with E-state index in [-0.39, 0.29) is 25.2 Å². The normalized spacial score (nSPS) is 20.0. The zero-order chi connectivity index (χ0) is 15.6. The van der Waals surface area contributed by atoms with Crippen molar-refractivity contribution >= 4 is 11.6 Å². The number of carbonyl (C=O) groups is 1. The molecule has 3 rings (SSSR count). The second-order valence-electron chi connectivity index (χ2n) is 5.57. The van der Waals surface area contributed by atoms with Crippen LogP contribution in [0.4, 0.5) is 14.5 Å². The molecule has 7 heteroatoms. The highest BCUT2D eigenvalue weighted by Gasteiger charge is 2.42. The summed E-state index contributed by atoms with van der Waals surface area (Å²) in [6.45, 7) is 0.555. The number of aromatic nitrogens is 3. The molecule has 0 saturated heterocycles. The highest BCUT2D eigenvalue weighted by atomic mass is 19.3. The third-order valence-electron chi connectivity index (χ3n) is 3.77. The van der Waals surface area contributed by atoms with Gasteiger partial charge in [0.1, 0.15) is 0 Å². The molecule has 1 atom stereocenters. The predicted octanol–water partition coefficient (Wildman–Crippen LogP) is 2.70. The average Bonchev–Trinajstić information content (AvgIpc) is 3.06. The Hall–Kier alpha value is -2.31. The molecule has 5 nitrogen and oxygen atoms in total. The van der Waals surface area contributed by atoms with Gasteiger partial charge in [-0.15, -0.1) is 0 Å². The minimum Gasteiger partial charge on any atom is -0.323 e. The minimum atomic E-state index is -2.71. The van der Waals surface area contributed by atoms with Crippen LogP contribution in [0.3, 0.4) is 0 Å². The van der Waals surface area contributed by atoms with E-state index in [9.17, 15) is 13.6 Å². The summed E-state index contributed by atoms with van der Waals surface area (Å²) in [5.41, 5.74) is 1.56. The van der Waals surface area contributed by atoms with Crippen molar-refractivity contribution in [2.24, 2.45) is 5.92 Å². The van der Waals surface area contributed by atoms with Gasteiger partial charge in [0.05, 0.1) is 18.4 Å². The van der Waals surface area contributed by atoms with E-state index in [1.165, 1.54) is 6.20 Å². The lowest BCUT2D eigenvalue weighted by molar-refractivity contribution is -0.120. The van der Waals surface area contributed by atoms with Gasteiger partial charge in [-0.1, -0.05) is 0 Å². The molecule has 2 aromatic heterocycles. The van der Waals surface area contributed by atoms with E-state index in [0.29, 0.717) is 12.2 Å². The fourth-order valence-electron chi connectivity index (χ4n) is 2.61. The monoisotopic (exact) mass is 306 g/mol. The molecule has 116 valence electrons. The first-order valence-corrected chi connectivity index (χ1v) is 7.12. The molecule has 2 aromatic rings. The highest BCUT2D eigenvalue weighted by molar-refractivity contribution is 5.92. The maximum Gasteiger partial charge on any atom is 0.248 e. The largest absolute Gasteiger partial charge is 0.323 e. The molecule has 22 heavy (non-hydrogen) atoms. The van der Waals surface area contributed by atoms with Crippen molar-refractivity contribution in [3.63, 3.8) is 0 Å².